The van der Waals surface area contributed by atoms with E-state index in [1.54, 1.807) is 43.3 Å². The number of carbonyl (C=O) groups is 2. The van der Waals surface area contributed by atoms with Gasteiger partial charge < -0.3 is 10.1 Å². The minimum absolute atomic E-state index is 0.183. The van der Waals surface area contributed by atoms with Gasteiger partial charge >= 0.3 is 5.97 Å². The Hall–Kier alpha value is -2.00. The lowest BCUT2D eigenvalue weighted by molar-refractivity contribution is 0.0526. The molecule has 124 valence electrons. The van der Waals surface area contributed by atoms with Crippen LogP contribution in [0.2, 0.25) is 0 Å². The number of halogens is 1. The van der Waals surface area contributed by atoms with Gasteiger partial charge in [0.2, 0.25) is 0 Å². The average Bonchev–Trinajstić information content (AvgIpc) is 2.56. The SMILES string of the molecule is CCOC(=O)c1ccc(NC(=S)NC(=O)c2ccc(I)cc2)cc1. The Bertz CT molecular complexity index is 745. The Balaban J connectivity index is 1.93. The average molecular weight is 454 g/mol. The van der Waals surface area contributed by atoms with Gasteiger partial charge in [0.15, 0.2) is 5.11 Å². The van der Waals surface area contributed by atoms with E-state index in [2.05, 4.69) is 33.2 Å². The van der Waals surface area contributed by atoms with E-state index in [-0.39, 0.29) is 17.0 Å². The van der Waals surface area contributed by atoms with Crippen LogP contribution in [0.4, 0.5) is 5.69 Å². The van der Waals surface area contributed by atoms with Crippen molar-refractivity contribution in [2.75, 3.05) is 11.9 Å². The van der Waals surface area contributed by atoms with Crippen molar-refractivity contribution in [1.82, 2.24) is 5.32 Å². The summed E-state index contributed by atoms with van der Waals surface area (Å²) >= 11 is 7.30. The molecule has 0 spiro atoms. The third kappa shape index (κ3) is 5.27. The highest BCUT2D eigenvalue weighted by Gasteiger charge is 2.09. The molecular formula is C17H15IN2O3S. The summed E-state index contributed by atoms with van der Waals surface area (Å²) in [5.74, 6) is -0.661. The van der Waals surface area contributed by atoms with Gasteiger partial charge in [-0.05, 0) is 90.3 Å². The van der Waals surface area contributed by atoms with Crippen molar-refractivity contribution >= 4 is 57.5 Å². The zero-order chi connectivity index (χ0) is 17.5. The van der Waals surface area contributed by atoms with Crippen molar-refractivity contribution in [2.24, 2.45) is 0 Å². The van der Waals surface area contributed by atoms with Gasteiger partial charge in [0, 0.05) is 14.8 Å². The van der Waals surface area contributed by atoms with Crippen molar-refractivity contribution < 1.29 is 14.3 Å². The molecule has 0 aliphatic heterocycles. The van der Waals surface area contributed by atoms with E-state index in [9.17, 15) is 9.59 Å². The molecule has 2 aromatic rings. The van der Waals surface area contributed by atoms with Gasteiger partial charge in [-0.1, -0.05) is 0 Å². The monoisotopic (exact) mass is 454 g/mol. The quantitative estimate of drug-likeness (QED) is 0.420. The van der Waals surface area contributed by atoms with Crippen LogP contribution in [0.25, 0.3) is 0 Å². The first-order valence-electron chi connectivity index (χ1n) is 7.14. The Labute approximate surface area is 158 Å². The van der Waals surface area contributed by atoms with Crippen LogP contribution in [0.5, 0.6) is 0 Å². The number of amides is 1. The Morgan fingerprint density at radius 1 is 1.04 bits per heavy atom. The number of esters is 1. The molecule has 0 unspecified atom stereocenters. The van der Waals surface area contributed by atoms with Crippen molar-refractivity contribution in [3.05, 3.63) is 63.2 Å². The summed E-state index contributed by atoms with van der Waals surface area (Å²) in [6.45, 7) is 2.08. The largest absolute Gasteiger partial charge is 0.462 e. The predicted molar refractivity (Wildman–Crippen MR) is 105 cm³/mol. The molecule has 2 aromatic carbocycles. The fourth-order valence-electron chi connectivity index (χ4n) is 1.84. The maximum Gasteiger partial charge on any atom is 0.338 e. The number of hydrogen-bond acceptors (Lipinski definition) is 4. The highest BCUT2D eigenvalue weighted by Crippen LogP contribution is 2.11. The van der Waals surface area contributed by atoms with Gasteiger partial charge in [-0.15, -0.1) is 0 Å². The molecule has 0 atom stereocenters. The minimum atomic E-state index is -0.376. The molecule has 24 heavy (non-hydrogen) atoms. The molecule has 7 heteroatoms. The molecule has 0 aliphatic carbocycles. The smallest absolute Gasteiger partial charge is 0.338 e. The summed E-state index contributed by atoms with van der Waals surface area (Å²) in [6, 6.07) is 13.8. The van der Waals surface area contributed by atoms with Crippen molar-refractivity contribution in [2.45, 2.75) is 6.92 Å². The zero-order valence-corrected chi connectivity index (χ0v) is 15.8. The van der Waals surface area contributed by atoms with Gasteiger partial charge in [-0.25, -0.2) is 4.79 Å². The molecule has 2 rings (SSSR count). The number of nitrogens with one attached hydrogen (secondary N) is 2. The summed E-state index contributed by atoms with van der Waals surface area (Å²) in [6.07, 6.45) is 0. The second-order valence-electron chi connectivity index (χ2n) is 4.71. The highest BCUT2D eigenvalue weighted by molar-refractivity contribution is 14.1. The van der Waals surface area contributed by atoms with Gasteiger partial charge in [-0.2, -0.15) is 0 Å². The summed E-state index contributed by atoms with van der Waals surface area (Å²) in [5, 5.41) is 5.69. The Morgan fingerprint density at radius 3 is 2.21 bits per heavy atom. The van der Waals surface area contributed by atoms with E-state index >= 15 is 0 Å². The number of rotatable bonds is 4. The zero-order valence-electron chi connectivity index (χ0n) is 12.8. The fraction of sp³-hybridized carbons (Fsp3) is 0.118. The maximum atomic E-state index is 12.1. The van der Waals surface area contributed by atoms with Crippen LogP contribution in [0, 0.1) is 3.57 Å². The topological polar surface area (TPSA) is 67.4 Å². The number of hydrogen-bond donors (Lipinski definition) is 2. The molecule has 1 amide bonds. The molecular weight excluding hydrogens is 439 g/mol. The standard InChI is InChI=1S/C17H15IN2O3S/c1-2-23-16(22)12-5-9-14(10-6-12)19-17(24)20-15(21)11-3-7-13(18)8-4-11/h3-10H,2H2,1H3,(H2,19,20,21,24). The van der Waals surface area contributed by atoms with Crippen LogP contribution in [-0.2, 0) is 4.74 Å². The number of thiocarbonyl (C=S) groups is 1. The van der Waals surface area contributed by atoms with Crippen molar-refractivity contribution in [3.63, 3.8) is 0 Å². The number of anilines is 1. The normalized spacial score (nSPS) is 9.92. The van der Waals surface area contributed by atoms with E-state index in [1.807, 2.05) is 12.1 Å². The first-order chi connectivity index (χ1) is 11.5. The van der Waals surface area contributed by atoms with E-state index < -0.39 is 0 Å². The van der Waals surface area contributed by atoms with Gasteiger partial charge in [0.1, 0.15) is 0 Å². The maximum absolute atomic E-state index is 12.1. The molecule has 0 aromatic heterocycles. The van der Waals surface area contributed by atoms with Crippen molar-refractivity contribution in [3.8, 4) is 0 Å². The summed E-state index contributed by atoms with van der Waals surface area (Å²) in [7, 11) is 0. The lowest BCUT2D eigenvalue weighted by Crippen LogP contribution is -2.34. The van der Waals surface area contributed by atoms with Gasteiger partial charge in [0.25, 0.3) is 5.91 Å². The third-order valence-corrected chi connectivity index (χ3v) is 3.91. The van der Waals surface area contributed by atoms with E-state index in [0.29, 0.717) is 23.4 Å². The van der Waals surface area contributed by atoms with Crippen LogP contribution in [0.15, 0.2) is 48.5 Å². The Kier molecular flexibility index (Phi) is 6.68. The predicted octanol–water partition coefficient (Wildman–Crippen LogP) is 3.59. The molecule has 0 fully saturated rings. The third-order valence-electron chi connectivity index (χ3n) is 2.99. The van der Waals surface area contributed by atoms with Gasteiger partial charge in [-0.3, -0.25) is 10.1 Å². The molecule has 0 bridgehead atoms. The summed E-state index contributed by atoms with van der Waals surface area (Å²) in [4.78, 5) is 23.6. The second-order valence-corrected chi connectivity index (χ2v) is 6.37. The lowest BCUT2D eigenvalue weighted by Gasteiger charge is -2.10. The highest BCUT2D eigenvalue weighted by atomic mass is 127. The van der Waals surface area contributed by atoms with Gasteiger partial charge in [0.05, 0.1) is 12.2 Å². The number of carbonyl (C=O) groups excluding carboxylic acids is 2. The molecule has 0 aliphatic rings. The number of ether oxygens (including phenoxy) is 1. The minimum Gasteiger partial charge on any atom is -0.462 e. The van der Waals surface area contributed by atoms with Crippen LogP contribution in [0.3, 0.4) is 0 Å². The first-order valence-corrected chi connectivity index (χ1v) is 8.63. The second kappa shape index (κ2) is 8.74. The van der Waals surface area contributed by atoms with Crippen LogP contribution in [-0.4, -0.2) is 23.6 Å². The first kappa shape index (κ1) is 18.3. The van der Waals surface area contributed by atoms with Crippen LogP contribution in [0.1, 0.15) is 27.6 Å². The summed E-state index contributed by atoms with van der Waals surface area (Å²) < 4.78 is 5.96. The number of benzene rings is 2. The summed E-state index contributed by atoms with van der Waals surface area (Å²) in [5.41, 5.74) is 1.64. The van der Waals surface area contributed by atoms with E-state index in [0.717, 1.165) is 3.57 Å². The molecule has 5 nitrogen and oxygen atoms in total. The molecule has 0 saturated heterocycles. The van der Waals surface area contributed by atoms with Crippen LogP contribution < -0.4 is 10.6 Å². The van der Waals surface area contributed by atoms with E-state index in [4.69, 9.17) is 17.0 Å². The lowest BCUT2D eigenvalue weighted by atomic mass is 10.2. The van der Waals surface area contributed by atoms with Crippen molar-refractivity contribution in [1.29, 1.82) is 0 Å². The fourth-order valence-corrected chi connectivity index (χ4v) is 2.41. The van der Waals surface area contributed by atoms with E-state index in [1.165, 1.54) is 0 Å². The molecule has 2 N–H and O–H groups in total. The molecule has 0 heterocycles. The molecule has 0 radical (unpaired) electrons. The molecule has 0 saturated carbocycles. The Morgan fingerprint density at radius 2 is 1.62 bits per heavy atom. The van der Waals surface area contributed by atoms with Crippen LogP contribution >= 0.6 is 34.8 Å².